The van der Waals surface area contributed by atoms with Gasteiger partial charge >= 0.3 is 0 Å². The lowest BCUT2D eigenvalue weighted by Gasteiger charge is -2.18. The molecule has 1 rings (SSSR count). The molecule has 0 spiro atoms. The molecule has 0 bridgehead atoms. The van der Waals surface area contributed by atoms with Crippen LogP contribution in [0.3, 0.4) is 0 Å². The summed E-state index contributed by atoms with van der Waals surface area (Å²) in [6.07, 6.45) is 6.03. The lowest BCUT2D eigenvalue weighted by Crippen LogP contribution is -2.20. The normalized spacial score (nSPS) is 11.8. The van der Waals surface area contributed by atoms with E-state index in [0.717, 1.165) is 17.9 Å². The van der Waals surface area contributed by atoms with Crippen molar-refractivity contribution in [2.24, 2.45) is 0 Å². The maximum Gasteiger partial charge on any atom is 0.123 e. The zero-order valence-corrected chi connectivity index (χ0v) is 9.29. The van der Waals surface area contributed by atoms with E-state index in [1.54, 1.807) is 7.11 Å². The van der Waals surface area contributed by atoms with E-state index < -0.39 is 0 Å². The number of hydrogen-bond acceptors (Lipinski definition) is 2. The second-order valence-corrected chi connectivity index (χ2v) is 3.26. The summed E-state index contributed by atoms with van der Waals surface area (Å²) in [4.78, 5) is 0. The molecular formula is C13H17NO. The SMILES string of the molecule is C#CCC(NCC)c1ccccc1OC. The molecule has 2 heteroatoms. The molecule has 1 aromatic rings. The molecule has 0 saturated heterocycles. The summed E-state index contributed by atoms with van der Waals surface area (Å²) in [6.45, 7) is 2.96. The van der Waals surface area contributed by atoms with Gasteiger partial charge in [-0.3, -0.25) is 0 Å². The molecule has 0 aliphatic heterocycles. The van der Waals surface area contributed by atoms with Crippen LogP contribution in [0.25, 0.3) is 0 Å². The Kier molecular flexibility index (Phi) is 4.73. The Morgan fingerprint density at radius 3 is 2.80 bits per heavy atom. The van der Waals surface area contributed by atoms with Gasteiger partial charge in [0.15, 0.2) is 0 Å². The lowest BCUT2D eigenvalue weighted by molar-refractivity contribution is 0.400. The van der Waals surface area contributed by atoms with Gasteiger partial charge < -0.3 is 10.1 Å². The van der Waals surface area contributed by atoms with E-state index in [2.05, 4.69) is 18.2 Å². The number of rotatable bonds is 5. The predicted octanol–water partition coefficient (Wildman–Crippen LogP) is 2.37. The fourth-order valence-electron chi connectivity index (χ4n) is 1.61. The zero-order valence-electron chi connectivity index (χ0n) is 9.29. The van der Waals surface area contributed by atoms with Crippen molar-refractivity contribution in [1.29, 1.82) is 0 Å². The Hall–Kier alpha value is -1.46. The summed E-state index contributed by atoms with van der Waals surface area (Å²) in [5, 5.41) is 3.35. The minimum absolute atomic E-state index is 0.177. The molecule has 0 saturated carbocycles. The number of ether oxygens (including phenoxy) is 1. The number of terminal acetylenes is 1. The predicted molar refractivity (Wildman–Crippen MR) is 62.9 cm³/mol. The molecule has 1 N–H and O–H groups in total. The largest absolute Gasteiger partial charge is 0.496 e. The van der Waals surface area contributed by atoms with Crippen molar-refractivity contribution in [3.63, 3.8) is 0 Å². The highest BCUT2D eigenvalue weighted by molar-refractivity contribution is 5.36. The number of para-hydroxylation sites is 1. The van der Waals surface area contributed by atoms with Crippen molar-refractivity contribution in [1.82, 2.24) is 5.32 Å². The summed E-state index contributed by atoms with van der Waals surface area (Å²) < 4.78 is 5.31. The minimum atomic E-state index is 0.177. The maximum absolute atomic E-state index is 5.36. The van der Waals surface area contributed by atoms with Gasteiger partial charge in [0.05, 0.1) is 7.11 Å². The van der Waals surface area contributed by atoms with Gasteiger partial charge in [0.1, 0.15) is 5.75 Å². The summed E-state index contributed by atoms with van der Waals surface area (Å²) >= 11 is 0. The van der Waals surface area contributed by atoms with Crippen LogP contribution in [0.15, 0.2) is 24.3 Å². The molecule has 0 aliphatic rings. The standard InChI is InChI=1S/C13H17NO/c1-4-8-12(14-5-2)11-9-6-7-10-13(11)15-3/h1,6-7,9-10,12,14H,5,8H2,2-3H3. The highest BCUT2D eigenvalue weighted by Gasteiger charge is 2.12. The minimum Gasteiger partial charge on any atom is -0.496 e. The van der Waals surface area contributed by atoms with E-state index in [-0.39, 0.29) is 6.04 Å². The number of hydrogen-bond donors (Lipinski definition) is 1. The first-order chi connectivity index (χ1) is 7.33. The van der Waals surface area contributed by atoms with Crippen molar-refractivity contribution in [3.05, 3.63) is 29.8 Å². The molecular weight excluding hydrogens is 186 g/mol. The molecule has 1 atom stereocenters. The third kappa shape index (κ3) is 3.00. The first-order valence-corrected chi connectivity index (χ1v) is 5.13. The van der Waals surface area contributed by atoms with E-state index in [4.69, 9.17) is 11.2 Å². The van der Waals surface area contributed by atoms with Crippen LogP contribution in [0.2, 0.25) is 0 Å². The van der Waals surface area contributed by atoms with Gasteiger partial charge in [0.25, 0.3) is 0 Å². The van der Waals surface area contributed by atoms with Gasteiger partial charge in [-0.25, -0.2) is 0 Å². The van der Waals surface area contributed by atoms with Gasteiger partial charge in [0, 0.05) is 18.0 Å². The second-order valence-electron chi connectivity index (χ2n) is 3.26. The lowest BCUT2D eigenvalue weighted by atomic mass is 10.0. The fraction of sp³-hybridized carbons (Fsp3) is 0.385. The molecule has 15 heavy (non-hydrogen) atoms. The number of benzene rings is 1. The van der Waals surface area contributed by atoms with Crippen molar-refractivity contribution in [2.75, 3.05) is 13.7 Å². The van der Waals surface area contributed by atoms with Crippen LogP contribution in [-0.4, -0.2) is 13.7 Å². The van der Waals surface area contributed by atoms with Gasteiger partial charge in [0.2, 0.25) is 0 Å². The summed E-state index contributed by atoms with van der Waals surface area (Å²) in [5.41, 5.74) is 1.12. The second kappa shape index (κ2) is 6.10. The Labute approximate surface area is 91.6 Å². The summed E-state index contributed by atoms with van der Waals surface area (Å²) in [5.74, 6) is 3.57. The van der Waals surface area contributed by atoms with Crippen LogP contribution in [0, 0.1) is 12.3 Å². The van der Waals surface area contributed by atoms with Crippen LogP contribution < -0.4 is 10.1 Å². The monoisotopic (exact) mass is 203 g/mol. The summed E-state index contributed by atoms with van der Waals surface area (Å²) in [7, 11) is 1.68. The van der Waals surface area contributed by atoms with Gasteiger partial charge in [-0.1, -0.05) is 25.1 Å². The van der Waals surface area contributed by atoms with E-state index >= 15 is 0 Å². The van der Waals surface area contributed by atoms with Crippen molar-refractivity contribution in [3.8, 4) is 18.1 Å². The maximum atomic E-state index is 5.36. The third-order valence-electron chi connectivity index (χ3n) is 2.29. The zero-order chi connectivity index (χ0) is 11.1. The van der Waals surface area contributed by atoms with E-state index in [1.165, 1.54) is 0 Å². The van der Waals surface area contributed by atoms with E-state index in [1.807, 2.05) is 24.3 Å². The smallest absolute Gasteiger partial charge is 0.123 e. The van der Waals surface area contributed by atoms with Crippen molar-refractivity contribution >= 4 is 0 Å². The Morgan fingerprint density at radius 1 is 1.47 bits per heavy atom. The Bertz CT molecular complexity index is 341. The Balaban J connectivity index is 2.94. The van der Waals surface area contributed by atoms with Gasteiger partial charge in [-0.2, -0.15) is 0 Å². The first kappa shape index (κ1) is 11.6. The molecule has 0 amide bonds. The highest BCUT2D eigenvalue weighted by atomic mass is 16.5. The van der Waals surface area contributed by atoms with E-state index in [9.17, 15) is 0 Å². The molecule has 0 aliphatic carbocycles. The Morgan fingerprint density at radius 2 is 2.20 bits per heavy atom. The molecule has 0 fully saturated rings. The van der Waals surface area contributed by atoms with Crippen LogP contribution in [0.1, 0.15) is 24.9 Å². The van der Waals surface area contributed by atoms with Gasteiger partial charge in [-0.15, -0.1) is 12.3 Å². The third-order valence-corrected chi connectivity index (χ3v) is 2.29. The van der Waals surface area contributed by atoms with Crippen molar-refractivity contribution in [2.45, 2.75) is 19.4 Å². The molecule has 1 unspecified atom stereocenters. The van der Waals surface area contributed by atoms with Crippen molar-refractivity contribution < 1.29 is 4.74 Å². The molecule has 0 radical (unpaired) electrons. The van der Waals surface area contributed by atoms with E-state index in [0.29, 0.717) is 6.42 Å². The molecule has 0 aromatic heterocycles. The topological polar surface area (TPSA) is 21.3 Å². The van der Waals surface area contributed by atoms with Gasteiger partial charge in [-0.05, 0) is 12.6 Å². The van der Waals surface area contributed by atoms with Crippen LogP contribution in [0.4, 0.5) is 0 Å². The highest BCUT2D eigenvalue weighted by Crippen LogP contribution is 2.26. The average molecular weight is 203 g/mol. The first-order valence-electron chi connectivity index (χ1n) is 5.13. The quantitative estimate of drug-likeness (QED) is 0.742. The summed E-state index contributed by atoms with van der Waals surface area (Å²) in [6, 6.07) is 8.13. The molecule has 80 valence electrons. The number of nitrogens with one attached hydrogen (secondary N) is 1. The molecule has 0 heterocycles. The fourth-order valence-corrected chi connectivity index (χ4v) is 1.61. The van der Waals surface area contributed by atoms with Crippen LogP contribution >= 0.6 is 0 Å². The van der Waals surface area contributed by atoms with Crippen LogP contribution in [-0.2, 0) is 0 Å². The molecule has 1 aromatic carbocycles. The van der Waals surface area contributed by atoms with Crippen LogP contribution in [0.5, 0.6) is 5.75 Å². The average Bonchev–Trinajstić information content (AvgIpc) is 2.29. The molecule has 2 nitrogen and oxygen atoms in total. The number of methoxy groups -OCH3 is 1.